The zero-order valence-electron chi connectivity index (χ0n) is 11.1. The monoisotopic (exact) mass is 326 g/mol. The van der Waals surface area contributed by atoms with Gasteiger partial charge in [0.25, 0.3) is 0 Å². The molecule has 1 saturated heterocycles. The van der Waals surface area contributed by atoms with Crippen molar-refractivity contribution in [2.75, 3.05) is 24.3 Å². The molecule has 116 valence electrons. The second-order valence-electron chi connectivity index (χ2n) is 4.56. The Labute approximate surface area is 121 Å². The van der Waals surface area contributed by atoms with Crippen molar-refractivity contribution in [2.24, 2.45) is 0 Å². The van der Waals surface area contributed by atoms with Crippen LogP contribution in [0.15, 0.2) is 0 Å². The van der Waals surface area contributed by atoms with Crippen LogP contribution in [0.3, 0.4) is 0 Å². The summed E-state index contributed by atoms with van der Waals surface area (Å²) in [5, 5.41) is 19.4. The lowest BCUT2D eigenvalue weighted by Gasteiger charge is -2.34. The Hall–Kier alpha value is -1.00. The highest BCUT2D eigenvalue weighted by Crippen LogP contribution is 2.20. The summed E-state index contributed by atoms with van der Waals surface area (Å²) in [7, 11) is -3.46. The lowest BCUT2D eigenvalue weighted by atomic mass is 10.2. The molecule has 8 nitrogen and oxygen atoms in total. The number of urea groups is 1. The number of nitrogens with zero attached hydrogens (tertiary/aromatic N) is 1. The summed E-state index contributed by atoms with van der Waals surface area (Å²) < 4.78 is 23.3. The molecule has 1 fully saturated rings. The number of sulfone groups is 1. The fraction of sp³-hybridized carbons (Fsp3) is 0.800. The summed E-state index contributed by atoms with van der Waals surface area (Å²) >= 11 is 1.42. The average Bonchev–Trinajstić information content (AvgIpc) is 2.33. The third-order valence-corrected chi connectivity index (χ3v) is 5.51. The molecule has 3 N–H and O–H groups in total. The Balaban J connectivity index is 2.86. The molecule has 3 unspecified atom stereocenters. The largest absolute Gasteiger partial charge is 0.480 e. The first-order chi connectivity index (χ1) is 9.14. The van der Waals surface area contributed by atoms with Crippen molar-refractivity contribution in [2.45, 2.75) is 24.4 Å². The van der Waals surface area contributed by atoms with Crippen LogP contribution in [0.2, 0.25) is 0 Å². The molecule has 0 saturated carbocycles. The van der Waals surface area contributed by atoms with Crippen molar-refractivity contribution in [3.63, 3.8) is 0 Å². The Morgan fingerprint density at radius 3 is 2.50 bits per heavy atom. The molecule has 10 heteroatoms. The smallest absolute Gasteiger partial charge is 0.328 e. The second-order valence-corrected chi connectivity index (χ2v) is 7.91. The summed E-state index contributed by atoms with van der Waals surface area (Å²) in [5.74, 6) is -0.555. The van der Waals surface area contributed by atoms with Gasteiger partial charge in [-0.3, -0.25) is 0 Å². The van der Waals surface area contributed by atoms with Crippen molar-refractivity contribution < 1.29 is 28.2 Å². The lowest BCUT2D eigenvalue weighted by Crippen LogP contribution is -2.58. The fourth-order valence-corrected chi connectivity index (χ4v) is 4.59. The number of hydrogen-bond acceptors (Lipinski definition) is 6. The van der Waals surface area contributed by atoms with Crippen LogP contribution in [0.4, 0.5) is 4.79 Å². The number of nitrogens with one attached hydrogen (secondary N) is 1. The molecule has 0 radical (unpaired) electrons. The number of carboxylic acids is 1. The highest BCUT2D eigenvalue weighted by atomic mass is 32.2. The predicted molar refractivity (Wildman–Crippen MR) is 74.3 cm³/mol. The van der Waals surface area contributed by atoms with E-state index >= 15 is 0 Å². The molecule has 3 atom stereocenters. The zero-order chi connectivity index (χ0) is 15.5. The van der Waals surface area contributed by atoms with E-state index < -0.39 is 39.4 Å². The maximum absolute atomic E-state index is 12.0. The van der Waals surface area contributed by atoms with Crippen molar-refractivity contribution in [3.05, 3.63) is 0 Å². The molecule has 1 heterocycles. The van der Waals surface area contributed by atoms with E-state index in [2.05, 4.69) is 5.32 Å². The summed E-state index contributed by atoms with van der Waals surface area (Å²) in [6.07, 6.45) is -0.250. The molecule has 1 aliphatic heterocycles. The number of amides is 2. The number of aliphatic hydroxyl groups excluding tert-OH is 1. The molecular formula is C10H18N2O6S2. The van der Waals surface area contributed by atoms with Gasteiger partial charge < -0.3 is 20.4 Å². The Morgan fingerprint density at radius 1 is 1.45 bits per heavy atom. The molecule has 0 bridgehead atoms. The first kappa shape index (κ1) is 17.1. The third kappa shape index (κ3) is 4.25. The quantitative estimate of drug-likeness (QED) is 0.602. The molecule has 0 aromatic heterocycles. The number of carbonyl (C=O) groups excluding carboxylic acids is 1. The summed E-state index contributed by atoms with van der Waals surface area (Å²) in [5.41, 5.74) is 0. The predicted octanol–water partition coefficient (Wildman–Crippen LogP) is -1.05. The van der Waals surface area contributed by atoms with Crippen LogP contribution in [-0.4, -0.2) is 77.4 Å². The van der Waals surface area contributed by atoms with Gasteiger partial charge in [-0.2, -0.15) is 11.8 Å². The van der Waals surface area contributed by atoms with E-state index in [1.807, 2.05) is 0 Å². The van der Waals surface area contributed by atoms with Gasteiger partial charge in [-0.25, -0.2) is 18.0 Å². The van der Waals surface area contributed by atoms with Crippen LogP contribution < -0.4 is 5.32 Å². The van der Waals surface area contributed by atoms with E-state index in [-0.39, 0.29) is 12.3 Å². The molecule has 0 spiro atoms. The Bertz CT molecular complexity index is 478. The van der Waals surface area contributed by atoms with Gasteiger partial charge in [0.2, 0.25) is 0 Å². The minimum atomic E-state index is -3.46. The van der Waals surface area contributed by atoms with Gasteiger partial charge >= 0.3 is 12.0 Å². The van der Waals surface area contributed by atoms with Gasteiger partial charge in [-0.1, -0.05) is 0 Å². The molecule has 2 amide bonds. The molecule has 1 rings (SSSR count). The van der Waals surface area contributed by atoms with Crippen molar-refractivity contribution >= 4 is 33.6 Å². The highest BCUT2D eigenvalue weighted by Gasteiger charge is 2.36. The highest BCUT2D eigenvalue weighted by molar-refractivity contribution is 8.00. The number of rotatable bonds is 4. The number of carbonyl (C=O) groups is 2. The van der Waals surface area contributed by atoms with Crippen molar-refractivity contribution in [3.8, 4) is 0 Å². The number of hydrogen-bond donors (Lipinski definition) is 3. The van der Waals surface area contributed by atoms with Gasteiger partial charge in [0, 0.05) is 24.3 Å². The van der Waals surface area contributed by atoms with Gasteiger partial charge in [0.1, 0.15) is 5.37 Å². The first-order valence-electron chi connectivity index (χ1n) is 5.89. The van der Waals surface area contributed by atoms with Gasteiger partial charge in [-0.15, -0.1) is 0 Å². The molecule has 20 heavy (non-hydrogen) atoms. The molecule has 0 aromatic rings. The summed E-state index contributed by atoms with van der Waals surface area (Å²) in [6.45, 7) is 1.44. The standard InChI is InChI=1S/C10H18N2O6S2/c1-6(13)8(9(14)15)11-10(16)12-3-4-19-5-7(12)20(2,17)18/h6-8,13H,3-5H2,1-2H3,(H,11,16)(H,14,15). The van der Waals surface area contributed by atoms with Crippen LogP contribution in [0, 0.1) is 0 Å². The van der Waals surface area contributed by atoms with E-state index in [1.165, 1.54) is 18.7 Å². The van der Waals surface area contributed by atoms with E-state index in [1.54, 1.807) is 0 Å². The fourth-order valence-electron chi connectivity index (χ4n) is 1.77. The molecule has 1 aliphatic rings. The number of thioether (sulfide) groups is 1. The molecule has 0 aromatic carbocycles. The van der Waals surface area contributed by atoms with Crippen LogP contribution in [-0.2, 0) is 14.6 Å². The topological polar surface area (TPSA) is 124 Å². The zero-order valence-corrected chi connectivity index (χ0v) is 12.8. The van der Waals surface area contributed by atoms with Crippen LogP contribution in [0.5, 0.6) is 0 Å². The van der Waals surface area contributed by atoms with Gasteiger partial charge in [0.15, 0.2) is 15.9 Å². The van der Waals surface area contributed by atoms with E-state index in [9.17, 15) is 23.1 Å². The normalized spacial score (nSPS) is 22.9. The van der Waals surface area contributed by atoms with Crippen LogP contribution in [0.25, 0.3) is 0 Å². The minimum Gasteiger partial charge on any atom is -0.480 e. The van der Waals surface area contributed by atoms with E-state index in [4.69, 9.17) is 5.11 Å². The number of aliphatic hydroxyl groups is 1. The first-order valence-corrected chi connectivity index (χ1v) is 9.00. The van der Waals surface area contributed by atoms with Gasteiger partial charge in [-0.05, 0) is 6.92 Å². The molecule has 0 aliphatic carbocycles. The van der Waals surface area contributed by atoms with Gasteiger partial charge in [0.05, 0.1) is 6.10 Å². The van der Waals surface area contributed by atoms with E-state index in [0.717, 1.165) is 11.2 Å². The third-order valence-electron chi connectivity index (χ3n) is 2.87. The second kappa shape index (κ2) is 6.64. The minimum absolute atomic E-state index is 0.209. The van der Waals surface area contributed by atoms with Crippen LogP contribution >= 0.6 is 11.8 Å². The summed E-state index contributed by atoms with van der Waals surface area (Å²) in [4.78, 5) is 24.1. The summed E-state index contributed by atoms with van der Waals surface area (Å²) in [6, 6.07) is -2.27. The van der Waals surface area contributed by atoms with Crippen molar-refractivity contribution in [1.82, 2.24) is 10.2 Å². The molecular weight excluding hydrogens is 308 g/mol. The maximum atomic E-state index is 12.0. The average molecular weight is 326 g/mol. The van der Waals surface area contributed by atoms with Crippen LogP contribution in [0.1, 0.15) is 6.92 Å². The maximum Gasteiger partial charge on any atom is 0.328 e. The Morgan fingerprint density at radius 2 is 2.05 bits per heavy atom. The van der Waals surface area contributed by atoms with E-state index in [0.29, 0.717) is 5.75 Å². The van der Waals surface area contributed by atoms with Crippen molar-refractivity contribution in [1.29, 1.82) is 0 Å². The number of aliphatic carboxylic acids is 1. The SMILES string of the molecule is CC(O)C(NC(=O)N1CCSCC1S(C)(=O)=O)C(=O)O. The Kier molecular flexibility index (Phi) is 5.66. The lowest BCUT2D eigenvalue weighted by molar-refractivity contribution is -0.141. The number of carboxylic acid groups (broad SMARTS) is 1.